The number of aromatic hydroxyl groups is 1. The van der Waals surface area contributed by atoms with Gasteiger partial charge in [-0.15, -0.1) is 0 Å². The lowest BCUT2D eigenvalue weighted by molar-refractivity contribution is -0.124. The van der Waals surface area contributed by atoms with Crippen molar-refractivity contribution in [3.63, 3.8) is 0 Å². The van der Waals surface area contributed by atoms with Gasteiger partial charge in [0, 0.05) is 36.0 Å². The van der Waals surface area contributed by atoms with Gasteiger partial charge >= 0.3 is 5.63 Å². The summed E-state index contributed by atoms with van der Waals surface area (Å²) in [6.45, 7) is 0.133. The Morgan fingerprint density at radius 3 is 2.50 bits per heavy atom. The van der Waals surface area contributed by atoms with Crippen molar-refractivity contribution >= 4 is 57.6 Å². The molecule has 10 nitrogen and oxygen atoms in total. The molecule has 2 fully saturated rings. The molecular formula is C30H32Cl2N4O6. The third kappa shape index (κ3) is 6.72. The average molecular weight is 616 g/mol. The van der Waals surface area contributed by atoms with Crippen molar-refractivity contribution in [1.29, 1.82) is 0 Å². The second-order valence-electron chi connectivity index (χ2n) is 10.9. The summed E-state index contributed by atoms with van der Waals surface area (Å²) in [4.78, 5) is 49.4. The summed E-state index contributed by atoms with van der Waals surface area (Å²) in [7, 11) is 0. The minimum atomic E-state index is -0.824. The van der Waals surface area contributed by atoms with Gasteiger partial charge in [0.15, 0.2) is 0 Å². The number of rotatable bonds is 11. The molecule has 2 bridgehead atoms. The van der Waals surface area contributed by atoms with Crippen LogP contribution in [0.15, 0.2) is 45.6 Å². The first-order valence-electron chi connectivity index (χ1n) is 14.0. The number of hydrogen-bond donors (Lipinski definition) is 5. The molecule has 12 heteroatoms. The number of unbranched alkanes of at least 4 members (excludes halogenated alkanes) is 2. The van der Waals surface area contributed by atoms with Gasteiger partial charge in [-0.25, -0.2) is 4.79 Å². The van der Waals surface area contributed by atoms with E-state index in [0.29, 0.717) is 47.9 Å². The summed E-state index contributed by atoms with van der Waals surface area (Å²) in [6, 6.07) is 10.3. The molecule has 2 aromatic carbocycles. The number of phenolic OH excluding ortho intramolecular Hbond substituents is 1. The van der Waals surface area contributed by atoms with Crippen LogP contribution in [0.4, 0.5) is 5.69 Å². The van der Waals surface area contributed by atoms with Crippen molar-refractivity contribution in [3.8, 4) is 5.75 Å². The highest BCUT2D eigenvalue weighted by atomic mass is 35.5. The van der Waals surface area contributed by atoms with Crippen LogP contribution in [0.25, 0.3) is 11.0 Å². The third-order valence-corrected chi connectivity index (χ3v) is 8.60. The highest BCUT2D eigenvalue weighted by Crippen LogP contribution is 2.46. The second kappa shape index (κ2) is 12.7. The predicted octanol–water partition coefficient (Wildman–Crippen LogP) is 4.59. The van der Waals surface area contributed by atoms with Gasteiger partial charge in [0.25, 0.3) is 5.91 Å². The van der Waals surface area contributed by atoms with Gasteiger partial charge < -0.3 is 30.8 Å². The van der Waals surface area contributed by atoms with E-state index in [9.17, 15) is 24.3 Å². The molecule has 5 rings (SSSR count). The Kier molecular flexibility index (Phi) is 9.05. The van der Waals surface area contributed by atoms with Gasteiger partial charge in [-0.1, -0.05) is 35.7 Å². The maximum atomic E-state index is 12.5. The van der Waals surface area contributed by atoms with Gasteiger partial charge in [0.1, 0.15) is 16.9 Å². The van der Waals surface area contributed by atoms with Crippen LogP contribution in [0, 0.1) is 0 Å². The molecule has 3 amide bonds. The van der Waals surface area contributed by atoms with Gasteiger partial charge in [-0.2, -0.15) is 0 Å². The highest BCUT2D eigenvalue weighted by Gasteiger charge is 2.45. The van der Waals surface area contributed by atoms with Crippen LogP contribution in [0.2, 0.25) is 10.0 Å². The first-order valence-corrected chi connectivity index (χ1v) is 14.8. The summed E-state index contributed by atoms with van der Waals surface area (Å²) in [5, 5.41) is 22.4. The predicted molar refractivity (Wildman–Crippen MR) is 160 cm³/mol. The van der Waals surface area contributed by atoms with Crippen LogP contribution < -0.4 is 26.9 Å². The van der Waals surface area contributed by atoms with Crippen LogP contribution in [0.1, 0.15) is 67.3 Å². The van der Waals surface area contributed by atoms with Crippen LogP contribution in [0.5, 0.6) is 5.75 Å². The molecule has 5 N–H and O–H groups in total. The molecule has 1 aromatic heterocycles. The average Bonchev–Trinajstić information content (AvgIpc) is 3.58. The molecule has 0 aliphatic carbocycles. The zero-order valence-electron chi connectivity index (χ0n) is 22.9. The van der Waals surface area contributed by atoms with Crippen molar-refractivity contribution in [2.45, 2.75) is 62.9 Å². The number of carbonyl (C=O) groups is 3. The monoisotopic (exact) mass is 614 g/mol. The lowest BCUT2D eigenvalue weighted by Crippen LogP contribution is -2.34. The summed E-state index contributed by atoms with van der Waals surface area (Å²) in [5.41, 5.74) is 0.736. The van der Waals surface area contributed by atoms with Crippen LogP contribution in [-0.4, -0.2) is 42.0 Å². The SMILES string of the molecule is O=C(CCCCCNC(=O)c1cc2cc(Cl)c(O)cc2oc1=O)NCC(=O)Nc1cc(C23CCC(CC2)N3)ccc1Cl. The van der Waals surface area contributed by atoms with Gasteiger partial charge in [-0.3, -0.25) is 14.4 Å². The Bertz CT molecular complexity index is 1580. The molecule has 0 spiro atoms. The topological polar surface area (TPSA) is 150 Å². The molecule has 42 heavy (non-hydrogen) atoms. The van der Waals surface area contributed by atoms with E-state index >= 15 is 0 Å². The summed E-state index contributed by atoms with van der Waals surface area (Å²) >= 11 is 12.2. The van der Waals surface area contributed by atoms with Crippen molar-refractivity contribution in [1.82, 2.24) is 16.0 Å². The van der Waals surface area contributed by atoms with E-state index in [2.05, 4.69) is 21.3 Å². The minimum Gasteiger partial charge on any atom is -0.506 e. The maximum absolute atomic E-state index is 12.5. The Hall–Kier alpha value is -3.60. The molecule has 0 saturated carbocycles. The van der Waals surface area contributed by atoms with E-state index in [4.69, 9.17) is 27.6 Å². The Morgan fingerprint density at radius 1 is 0.976 bits per heavy atom. The normalized spacial score (nSPS) is 19.1. The van der Waals surface area contributed by atoms with Crippen LogP contribution in [-0.2, 0) is 15.1 Å². The van der Waals surface area contributed by atoms with E-state index in [0.717, 1.165) is 31.2 Å². The lowest BCUT2D eigenvalue weighted by atomic mass is 9.82. The van der Waals surface area contributed by atoms with Crippen molar-refractivity contribution in [2.75, 3.05) is 18.4 Å². The zero-order chi connectivity index (χ0) is 29.9. The minimum absolute atomic E-state index is 0.0442. The number of anilines is 1. The number of halogens is 2. The molecule has 2 aliphatic rings. The zero-order valence-corrected chi connectivity index (χ0v) is 24.4. The number of benzene rings is 2. The van der Waals surface area contributed by atoms with Crippen LogP contribution in [0.3, 0.4) is 0 Å². The van der Waals surface area contributed by atoms with E-state index < -0.39 is 11.5 Å². The second-order valence-corrected chi connectivity index (χ2v) is 11.7. The van der Waals surface area contributed by atoms with Gasteiger partial charge in [0.05, 0.1) is 22.3 Å². The lowest BCUT2D eigenvalue weighted by Gasteiger charge is -2.27. The van der Waals surface area contributed by atoms with Crippen LogP contribution >= 0.6 is 23.2 Å². The van der Waals surface area contributed by atoms with E-state index in [1.807, 2.05) is 12.1 Å². The van der Waals surface area contributed by atoms with Crippen molar-refractivity contribution < 1.29 is 23.9 Å². The maximum Gasteiger partial charge on any atom is 0.349 e. The largest absolute Gasteiger partial charge is 0.506 e. The van der Waals surface area contributed by atoms with Gasteiger partial charge in [-0.05, 0) is 68.4 Å². The Morgan fingerprint density at radius 2 is 1.76 bits per heavy atom. The third-order valence-electron chi connectivity index (χ3n) is 7.97. The molecule has 222 valence electrons. The summed E-state index contributed by atoms with van der Waals surface area (Å²) < 4.78 is 5.12. The molecule has 3 aromatic rings. The molecule has 0 unspecified atom stereocenters. The Balaban J connectivity index is 0.999. The highest BCUT2D eigenvalue weighted by molar-refractivity contribution is 6.33. The molecular weight excluding hydrogens is 583 g/mol. The number of phenols is 1. The van der Waals surface area contributed by atoms with E-state index in [1.54, 1.807) is 6.07 Å². The number of amides is 3. The molecule has 2 aliphatic heterocycles. The number of nitrogens with one attached hydrogen (secondary N) is 4. The van der Waals surface area contributed by atoms with E-state index in [1.165, 1.54) is 18.2 Å². The molecule has 0 radical (unpaired) electrons. The van der Waals surface area contributed by atoms with Crippen molar-refractivity contribution in [2.24, 2.45) is 0 Å². The smallest absolute Gasteiger partial charge is 0.349 e. The number of hydrogen-bond acceptors (Lipinski definition) is 7. The number of carbonyl (C=O) groups excluding carboxylic acids is 3. The van der Waals surface area contributed by atoms with Gasteiger partial charge in [0.2, 0.25) is 11.8 Å². The summed E-state index contributed by atoms with van der Waals surface area (Å²) in [6.07, 6.45) is 6.47. The fourth-order valence-electron chi connectivity index (χ4n) is 5.71. The quantitative estimate of drug-likeness (QED) is 0.156. The fraction of sp³-hybridized carbons (Fsp3) is 0.400. The molecule has 2 saturated heterocycles. The molecule has 0 atom stereocenters. The Labute approximate surface area is 252 Å². The van der Waals surface area contributed by atoms with Crippen molar-refractivity contribution in [3.05, 3.63) is 68.0 Å². The first-order chi connectivity index (χ1) is 20.1. The van der Waals surface area contributed by atoms with E-state index in [-0.39, 0.29) is 52.2 Å². The fourth-order valence-corrected chi connectivity index (χ4v) is 6.05. The summed E-state index contributed by atoms with van der Waals surface area (Å²) in [5.74, 6) is -1.42. The first kappa shape index (κ1) is 29.9. The number of fused-ring (bicyclic) bond motifs is 3. The standard InChI is InChI=1S/C30H32Cl2N4O6/c31-21-6-5-18(30-9-7-19(36-30)8-10-30)14-23(21)35-27(39)16-34-26(38)4-2-1-3-11-33-28(40)20-12-17-13-22(32)24(37)15-25(17)42-29(20)41/h5-6,12-15,19,36-37H,1-4,7-11,16H2,(H,33,40)(H,34,38)(H,35,39). The molecule has 3 heterocycles.